The van der Waals surface area contributed by atoms with Crippen LogP contribution in [0.4, 0.5) is 5.00 Å². The Labute approximate surface area is 174 Å². The first-order valence-corrected chi connectivity index (χ1v) is 10.4. The molecule has 1 aromatic heterocycles. The van der Waals surface area contributed by atoms with Crippen LogP contribution in [0.15, 0.2) is 59.5 Å². The molecule has 0 spiro atoms. The van der Waals surface area contributed by atoms with Crippen molar-refractivity contribution in [2.45, 2.75) is 10.6 Å². The molecule has 0 saturated heterocycles. The third-order valence-electron chi connectivity index (χ3n) is 4.43. The van der Waals surface area contributed by atoms with Gasteiger partial charge in [0.25, 0.3) is 11.8 Å². The Morgan fingerprint density at radius 1 is 1.07 bits per heavy atom. The molecule has 1 aliphatic heterocycles. The Morgan fingerprint density at radius 2 is 1.69 bits per heavy atom. The molecular weight excluding hydrogens is 410 g/mol. The monoisotopic (exact) mass is 425 g/mol. The molecule has 2 amide bonds. The number of benzene rings is 2. The van der Waals surface area contributed by atoms with Crippen molar-refractivity contribution in [3.8, 4) is 5.75 Å². The van der Waals surface area contributed by atoms with Crippen LogP contribution in [-0.2, 0) is 5.75 Å². The number of hydrogen-bond donors (Lipinski definition) is 1. The van der Waals surface area contributed by atoms with Gasteiger partial charge in [0.1, 0.15) is 10.8 Å². The summed E-state index contributed by atoms with van der Waals surface area (Å²) in [5, 5.41) is 9.76. The molecule has 2 heterocycles. The van der Waals surface area contributed by atoms with Gasteiger partial charge in [-0.1, -0.05) is 12.1 Å². The summed E-state index contributed by atoms with van der Waals surface area (Å²) >= 11 is 2.68. The molecule has 3 aromatic rings. The number of ether oxygens (including phenoxy) is 1. The van der Waals surface area contributed by atoms with E-state index in [4.69, 9.17) is 4.74 Å². The minimum Gasteiger partial charge on any atom is -0.497 e. The van der Waals surface area contributed by atoms with E-state index in [1.165, 1.54) is 17.8 Å². The predicted molar refractivity (Wildman–Crippen MR) is 111 cm³/mol. The lowest BCUT2D eigenvalue weighted by molar-refractivity contribution is 0.0698. The number of nitrogens with zero attached hydrogens (tertiary/aromatic N) is 1. The smallest absolute Gasteiger partial charge is 0.338 e. The summed E-state index contributed by atoms with van der Waals surface area (Å²) in [6.45, 7) is 0. The molecular formula is C21H15NO5S2. The van der Waals surface area contributed by atoms with E-state index in [1.807, 2.05) is 24.3 Å². The second-order valence-corrected chi connectivity index (χ2v) is 8.36. The number of carboxylic acids is 1. The van der Waals surface area contributed by atoms with Crippen molar-refractivity contribution >= 4 is 45.9 Å². The fraction of sp³-hybridized carbons (Fsp3) is 0.0952. The zero-order chi connectivity index (χ0) is 20.5. The third-order valence-corrected chi connectivity index (χ3v) is 6.80. The predicted octanol–water partition coefficient (Wildman–Crippen LogP) is 4.55. The van der Waals surface area contributed by atoms with Gasteiger partial charge in [-0.05, 0) is 42.5 Å². The van der Waals surface area contributed by atoms with Crippen molar-refractivity contribution in [3.63, 3.8) is 0 Å². The Kier molecular flexibility index (Phi) is 5.12. The van der Waals surface area contributed by atoms with Crippen LogP contribution in [0.5, 0.6) is 5.75 Å². The van der Waals surface area contributed by atoms with E-state index < -0.39 is 17.8 Å². The summed E-state index contributed by atoms with van der Waals surface area (Å²) in [5.41, 5.74) is 0.530. The molecule has 2 aromatic carbocycles. The van der Waals surface area contributed by atoms with E-state index in [1.54, 1.807) is 31.4 Å². The van der Waals surface area contributed by atoms with Crippen molar-refractivity contribution in [2.75, 3.05) is 12.0 Å². The Hall–Kier alpha value is -3.10. The highest BCUT2D eigenvalue weighted by Gasteiger charge is 2.39. The summed E-state index contributed by atoms with van der Waals surface area (Å²) in [6.07, 6.45) is 0. The number of aromatic carboxylic acids is 1. The van der Waals surface area contributed by atoms with Gasteiger partial charge < -0.3 is 9.84 Å². The van der Waals surface area contributed by atoms with Gasteiger partial charge in [-0.3, -0.25) is 9.59 Å². The molecule has 1 N–H and O–H groups in total. The van der Waals surface area contributed by atoms with Crippen molar-refractivity contribution in [1.82, 2.24) is 0 Å². The molecule has 6 nitrogen and oxygen atoms in total. The molecule has 4 rings (SSSR count). The molecule has 0 radical (unpaired) electrons. The molecule has 0 fully saturated rings. The van der Waals surface area contributed by atoms with Gasteiger partial charge in [0.05, 0.1) is 23.8 Å². The number of fused-ring (bicyclic) bond motifs is 1. The van der Waals surface area contributed by atoms with Gasteiger partial charge >= 0.3 is 5.97 Å². The van der Waals surface area contributed by atoms with Gasteiger partial charge in [-0.2, -0.15) is 0 Å². The quantitative estimate of drug-likeness (QED) is 0.461. The highest BCUT2D eigenvalue weighted by Crippen LogP contribution is 2.39. The number of carboxylic acid groups (broad SMARTS) is 1. The molecule has 0 atom stereocenters. The van der Waals surface area contributed by atoms with Crippen molar-refractivity contribution < 1.29 is 24.2 Å². The Bertz CT molecular complexity index is 1090. The maximum atomic E-state index is 12.7. The number of thiophene rings is 1. The van der Waals surface area contributed by atoms with Crippen molar-refractivity contribution in [2.24, 2.45) is 0 Å². The topological polar surface area (TPSA) is 83.9 Å². The number of carbonyl (C=O) groups excluding carboxylic acids is 2. The zero-order valence-electron chi connectivity index (χ0n) is 15.2. The lowest BCUT2D eigenvalue weighted by Gasteiger charge is -2.12. The van der Waals surface area contributed by atoms with E-state index in [-0.39, 0.29) is 21.7 Å². The number of amides is 2. The highest BCUT2D eigenvalue weighted by molar-refractivity contribution is 7.98. The van der Waals surface area contributed by atoms with Crippen LogP contribution in [0.25, 0.3) is 0 Å². The fourth-order valence-corrected chi connectivity index (χ4v) is 5.09. The number of carbonyl (C=O) groups is 3. The number of imide groups is 1. The van der Waals surface area contributed by atoms with Crippen LogP contribution in [0.1, 0.15) is 36.0 Å². The van der Waals surface area contributed by atoms with Crippen LogP contribution in [0.2, 0.25) is 0 Å². The average Bonchev–Trinajstić information content (AvgIpc) is 3.26. The van der Waals surface area contributed by atoms with Gasteiger partial charge in [0.2, 0.25) is 0 Å². The molecule has 0 aliphatic carbocycles. The maximum absolute atomic E-state index is 12.7. The first-order valence-electron chi connectivity index (χ1n) is 8.60. The lowest BCUT2D eigenvalue weighted by atomic mass is 10.1. The maximum Gasteiger partial charge on any atom is 0.338 e. The molecule has 1 aliphatic rings. The average molecular weight is 425 g/mol. The molecule has 0 unspecified atom stereocenters. The summed E-state index contributed by atoms with van der Waals surface area (Å²) < 4.78 is 5.14. The number of hydrogen-bond acceptors (Lipinski definition) is 6. The number of rotatable bonds is 6. The summed E-state index contributed by atoms with van der Waals surface area (Å²) in [7, 11) is 1.60. The van der Waals surface area contributed by atoms with E-state index in [2.05, 4.69) is 0 Å². The van der Waals surface area contributed by atoms with Crippen LogP contribution >= 0.6 is 23.1 Å². The van der Waals surface area contributed by atoms with E-state index in [0.717, 1.165) is 31.8 Å². The van der Waals surface area contributed by atoms with Crippen LogP contribution < -0.4 is 9.64 Å². The van der Waals surface area contributed by atoms with E-state index >= 15 is 0 Å². The second kappa shape index (κ2) is 7.73. The normalized spacial score (nSPS) is 12.9. The Morgan fingerprint density at radius 3 is 2.24 bits per heavy atom. The summed E-state index contributed by atoms with van der Waals surface area (Å²) in [5.74, 6) is -0.894. The second-order valence-electron chi connectivity index (χ2n) is 6.19. The standard InChI is InChI=1S/C21H15NO5S2/c1-27-12-6-8-13(9-7-12)28-11-14-10-17(21(25)26)20(29-14)22-18(23)15-4-2-3-5-16(15)19(22)24/h2-10H,11H2,1H3,(H,25,26). The highest BCUT2D eigenvalue weighted by atomic mass is 32.2. The SMILES string of the molecule is COc1ccc(SCc2cc(C(=O)O)c(N3C(=O)c4ccccc4C3=O)s2)cc1. The number of methoxy groups -OCH3 is 1. The largest absolute Gasteiger partial charge is 0.497 e. The van der Waals surface area contributed by atoms with Gasteiger partial charge in [0.15, 0.2) is 0 Å². The summed E-state index contributed by atoms with van der Waals surface area (Å²) in [4.78, 5) is 40.0. The molecule has 29 heavy (non-hydrogen) atoms. The first kappa shape index (κ1) is 19.2. The van der Waals surface area contributed by atoms with Crippen LogP contribution in [-0.4, -0.2) is 30.0 Å². The molecule has 146 valence electrons. The van der Waals surface area contributed by atoms with E-state index in [9.17, 15) is 19.5 Å². The minimum absolute atomic E-state index is 0.0464. The third kappa shape index (κ3) is 3.52. The van der Waals surface area contributed by atoms with Gasteiger partial charge in [0, 0.05) is 15.5 Å². The molecule has 0 bridgehead atoms. The summed E-state index contributed by atoms with van der Waals surface area (Å²) in [6, 6.07) is 15.6. The number of thioether (sulfide) groups is 1. The zero-order valence-corrected chi connectivity index (χ0v) is 16.9. The first-order chi connectivity index (χ1) is 14.0. The van der Waals surface area contributed by atoms with Crippen molar-refractivity contribution in [1.29, 1.82) is 0 Å². The Balaban J connectivity index is 1.61. The lowest BCUT2D eigenvalue weighted by Crippen LogP contribution is -2.29. The van der Waals surface area contributed by atoms with Crippen LogP contribution in [0.3, 0.4) is 0 Å². The fourth-order valence-electron chi connectivity index (χ4n) is 3.02. The molecule has 8 heteroatoms. The van der Waals surface area contributed by atoms with Crippen molar-refractivity contribution in [3.05, 3.63) is 76.2 Å². The van der Waals surface area contributed by atoms with Gasteiger partial charge in [-0.25, -0.2) is 9.69 Å². The molecule has 0 saturated carbocycles. The number of anilines is 1. The van der Waals surface area contributed by atoms with E-state index in [0.29, 0.717) is 5.75 Å². The van der Waals surface area contributed by atoms with Gasteiger partial charge in [-0.15, -0.1) is 23.1 Å². The van der Waals surface area contributed by atoms with Crippen LogP contribution in [0, 0.1) is 0 Å². The minimum atomic E-state index is -1.17.